The molecular weight excluding hydrogens is 717 g/mol. The quantitative estimate of drug-likeness (QED) is 0.183. The van der Waals surface area contributed by atoms with Gasteiger partial charge in [0.25, 0.3) is 0 Å². The molecule has 2 aromatic heterocycles. The minimum Gasteiger partial charge on any atom is -0.455 e. The molecule has 0 fully saturated rings. The number of furan rings is 2. The third-order valence-corrected chi connectivity index (χ3v) is 13.5. The highest BCUT2D eigenvalue weighted by molar-refractivity contribution is 6.71. The molecule has 0 amide bonds. The summed E-state index contributed by atoms with van der Waals surface area (Å²) in [5.41, 5.74) is 22.6. The summed E-state index contributed by atoms with van der Waals surface area (Å²) in [6.45, 7) is 0. The fourth-order valence-corrected chi connectivity index (χ4v) is 11.0. The number of hydrogen-bond acceptors (Lipinski definition) is 3. The number of anilines is 2. The van der Waals surface area contributed by atoms with Gasteiger partial charge in [0.05, 0.1) is 11.4 Å². The molecule has 0 saturated heterocycles. The van der Waals surface area contributed by atoms with Crippen molar-refractivity contribution in [2.45, 2.75) is 18.8 Å². The van der Waals surface area contributed by atoms with Gasteiger partial charge in [-0.2, -0.15) is 0 Å². The van der Waals surface area contributed by atoms with Gasteiger partial charge < -0.3 is 14.2 Å². The highest BCUT2D eigenvalue weighted by Crippen LogP contribution is 2.54. The van der Waals surface area contributed by atoms with E-state index in [4.69, 9.17) is 8.83 Å². The van der Waals surface area contributed by atoms with Crippen LogP contribution in [0.5, 0.6) is 0 Å². The lowest BCUT2D eigenvalue weighted by Gasteiger charge is -2.33. The Morgan fingerprint density at radius 3 is 2.07 bits per heavy atom. The monoisotopic (exact) mass is 750 g/mol. The van der Waals surface area contributed by atoms with Crippen molar-refractivity contribution in [3.05, 3.63) is 192 Å². The van der Waals surface area contributed by atoms with Crippen molar-refractivity contribution in [1.82, 2.24) is 0 Å². The summed E-state index contributed by atoms with van der Waals surface area (Å²) in [6.07, 6.45) is 1.90. The Balaban J connectivity index is 1.11. The Hall–Kier alpha value is -7.30. The molecule has 3 nitrogen and oxygen atoms in total. The molecule has 0 bridgehead atoms. The van der Waals surface area contributed by atoms with Gasteiger partial charge in [-0.3, -0.25) is 0 Å². The Morgan fingerprint density at radius 2 is 1.19 bits per heavy atom. The lowest BCUT2D eigenvalue weighted by Crippen LogP contribution is -2.41. The van der Waals surface area contributed by atoms with E-state index >= 15 is 0 Å². The van der Waals surface area contributed by atoms with Gasteiger partial charge in [0, 0.05) is 33.0 Å². The summed E-state index contributed by atoms with van der Waals surface area (Å²) in [5, 5.41) is 11.0. The van der Waals surface area contributed by atoms with Crippen molar-refractivity contribution in [1.29, 1.82) is 0 Å². The highest BCUT2D eigenvalue weighted by Gasteiger charge is 2.40. The minimum absolute atomic E-state index is 0.0922. The van der Waals surface area contributed by atoms with Gasteiger partial charge in [0.2, 0.25) is 0 Å². The van der Waals surface area contributed by atoms with Gasteiger partial charge in [-0.25, -0.2) is 0 Å². The molecule has 1 unspecified atom stereocenters. The SMILES string of the molecule is [B]1c2cccc3c2C(c2cc4c(c(-c5c(Nc6cccc7c6oc6ccccc67)ccc6c5oc5ccccc56)c21)CCc1ccccc1-4)c1ccc2ccccc2c1-3. The normalized spacial score (nSPS) is 14.6. The zero-order valence-corrected chi connectivity index (χ0v) is 32.0. The fourth-order valence-electron chi connectivity index (χ4n) is 11.0. The van der Waals surface area contributed by atoms with E-state index < -0.39 is 0 Å². The first-order valence-electron chi connectivity index (χ1n) is 20.7. The topological polar surface area (TPSA) is 38.3 Å². The molecule has 3 aliphatic rings. The number of benzene rings is 9. The lowest BCUT2D eigenvalue weighted by molar-refractivity contribution is 0.669. The van der Waals surface area contributed by atoms with Gasteiger partial charge >= 0.3 is 0 Å². The fraction of sp³-hybridized carbons (Fsp3) is 0.0545. The summed E-state index contributed by atoms with van der Waals surface area (Å²) in [7, 11) is 2.49. The van der Waals surface area contributed by atoms with Gasteiger partial charge in [0.1, 0.15) is 16.7 Å². The van der Waals surface area contributed by atoms with Crippen molar-refractivity contribution < 1.29 is 8.83 Å². The third-order valence-electron chi connectivity index (χ3n) is 13.5. The molecule has 11 aromatic rings. The molecule has 4 heteroatoms. The van der Waals surface area contributed by atoms with Crippen LogP contribution in [-0.4, -0.2) is 7.28 Å². The van der Waals surface area contributed by atoms with Gasteiger partial charge in [-0.1, -0.05) is 144 Å². The average Bonchev–Trinajstić information content (AvgIpc) is 3.97. The molecule has 273 valence electrons. The van der Waals surface area contributed by atoms with Crippen LogP contribution in [0, 0.1) is 0 Å². The van der Waals surface area contributed by atoms with E-state index in [2.05, 4.69) is 170 Å². The first-order chi connectivity index (χ1) is 29.3. The van der Waals surface area contributed by atoms with E-state index in [0.717, 1.165) is 73.7 Å². The zero-order valence-electron chi connectivity index (χ0n) is 32.0. The number of nitrogens with one attached hydrogen (secondary N) is 1. The van der Waals surface area contributed by atoms with E-state index in [-0.39, 0.29) is 5.92 Å². The second kappa shape index (κ2) is 11.6. The summed E-state index contributed by atoms with van der Waals surface area (Å²) < 4.78 is 13.7. The lowest BCUT2D eigenvalue weighted by atomic mass is 9.51. The summed E-state index contributed by atoms with van der Waals surface area (Å²) in [5.74, 6) is 0.0922. The predicted octanol–water partition coefficient (Wildman–Crippen LogP) is 12.9. The second-order valence-electron chi connectivity index (χ2n) is 16.4. The Labute approximate surface area is 340 Å². The van der Waals surface area contributed by atoms with Crippen molar-refractivity contribution in [2.24, 2.45) is 0 Å². The van der Waals surface area contributed by atoms with Crippen LogP contribution in [0.25, 0.3) is 88.0 Å². The third kappa shape index (κ3) is 4.28. The summed E-state index contributed by atoms with van der Waals surface area (Å²) in [4.78, 5) is 0. The standard InChI is InChI=1S/C55H33BNO2/c1-3-13-32-30(11-1)23-25-36-41(32)29-42-49-40-26-24-31-12-2-4-14-33(31)48(40)39-18-9-19-43(50(39)49)56-53(42)51(36)52-44(28-27-38-35-16-6-8-22-47(35)59-55(38)52)57-45-20-10-17-37-34-15-5-7-21-46(34)58-54(37)45/h1-22,24,26-29,49,57H,23,25H2. The number of hydrogen-bond donors (Lipinski definition) is 1. The van der Waals surface area contributed by atoms with Crippen molar-refractivity contribution in [3.8, 4) is 33.4 Å². The largest absolute Gasteiger partial charge is 0.455 e. The van der Waals surface area contributed by atoms with E-state index in [1.807, 2.05) is 6.07 Å². The zero-order chi connectivity index (χ0) is 38.3. The number of fused-ring (bicyclic) bond motifs is 16. The predicted molar refractivity (Wildman–Crippen MR) is 244 cm³/mol. The molecule has 14 rings (SSSR count). The summed E-state index contributed by atoms with van der Waals surface area (Å²) in [6, 6.07) is 59.7. The van der Waals surface area contributed by atoms with Crippen molar-refractivity contribution >= 4 is 84.2 Å². The van der Waals surface area contributed by atoms with Crippen LogP contribution in [0.2, 0.25) is 0 Å². The second-order valence-corrected chi connectivity index (χ2v) is 16.4. The molecule has 3 heterocycles. The molecule has 0 saturated carbocycles. The molecule has 0 spiro atoms. The van der Waals surface area contributed by atoms with E-state index in [1.165, 1.54) is 77.3 Å². The molecule has 2 aliphatic carbocycles. The van der Waals surface area contributed by atoms with Gasteiger partial charge in [0.15, 0.2) is 12.9 Å². The van der Waals surface area contributed by atoms with Crippen LogP contribution in [-0.2, 0) is 12.8 Å². The molecule has 1 radical (unpaired) electrons. The number of rotatable bonds is 3. The van der Waals surface area contributed by atoms with E-state index in [1.54, 1.807) is 0 Å². The van der Waals surface area contributed by atoms with Crippen LogP contribution in [0.1, 0.15) is 33.7 Å². The molecule has 1 aliphatic heterocycles. The molecule has 1 atom stereocenters. The van der Waals surface area contributed by atoms with Gasteiger partial charge in [-0.15, -0.1) is 0 Å². The van der Waals surface area contributed by atoms with Crippen LogP contribution in [0.4, 0.5) is 11.4 Å². The minimum atomic E-state index is 0.0922. The molecule has 1 N–H and O–H groups in total. The van der Waals surface area contributed by atoms with Crippen LogP contribution < -0.4 is 16.2 Å². The highest BCUT2D eigenvalue weighted by atomic mass is 16.3. The molecule has 59 heavy (non-hydrogen) atoms. The smallest absolute Gasteiger partial charge is 0.193 e. The first-order valence-corrected chi connectivity index (χ1v) is 20.7. The Bertz CT molecular complexity index is 3640. The Kier molecular flexibility index (Phi) is 6.27. The maximum Gasteiger partial charge on any atom is 0.193 e. The number of aryl methyl sites for hydroxylation is 1. The molecule has 9 aromatic carbocycles. The van der Waals surface area contributed by atoms with Crippen molar-refractivity contribution in [3.63, 3.8) is 0 Å². The average molecular weight is 751 g/mol. The van der Waals surface area contributed by atoms with Crippen LogP contribution >= 0.6 is 0 Å². The van der Waals surface area contributed by atoms with Crippen LogP contribution in [0.3, 0.4) is 0 Å². The summed E-state index contributed by atoms with van der Waals surface area (Å²) >= 11 is 0. The Morgan fingerprint density at radius 1 is 0.475 bits per heavy atom. The molecular formula is C55H33BNO2. The van der Waals surface area contributed by atoms with E-state index in [0.29, 0.717) is 0 Å². The van der Waals surface area contributed by atoms with Crippen molar-refractivity contribution in [2.75, 3.05) is 5.32 Å². The maximum absolute atomic E-state index is 7.06. The number of para-hydroxylation sites is 3. The van der Waals surface area contributed by atoms with Crippen LogP contribution in [0.15, 0.2) is 173 Å². The van der Waals surface area contributed by atoms with Gasteiger partial charge in [-0.05, 0) is 110 Å². The maximum atomic E-state index is 7.06. The van der Waals surface area contributed by atoms with E-state index in [9.17, 15) is 0 Å². The first kappa shape index (κ1) is 31.8.